The Hall–Kier alpha value is -4.04. The van der Waals surface area contributed by atoms with Crippen LogP contribution in [0.3, 0.4) is 0 Å². The molecule has 0 atom stereocenters. The van der Waals surface area contributed by atoms with Gasteiger partial charge in [0.1, 0.15) is 5.82 Å². The average Bonchev–Trinajstić information content (AvgIpc) is 2.78. The summed E-state index contributed by atoms with van der Waals surface area (Å²) in [5.41, 5.74) is 3.44. The van der Waals surface area contributed by atoms with Crippen molar-refractivity contribution in [2.45, 2.75) is 6.92 Å². The first-order valence-corrected chi connectivity index (χ1v) is 9.76. The van der Waals surface area contributed by atoms with Crippen LogP contribution in [0.1, 0.15) is 15.9 Å². The first-order chi connectivity index (χ1) is 15.0. The van der Waals surface area contributed by atoms with Gasteiger partial charge in [0, 0.05) is 41.9 Å². The second-order valence-electron chi connectivity index (χ2n) is 7.06. The van der Waals surface area contributed by atoms with E-state index >= 15 is 0 Å². The molecule has 156 valence electrons. The molecule has 31 heavy (non-hydrogen) atoms. The first-order valence-electron chi connectivity index (χ1n) is 9.76. The third kappa shape index (κ3) is 4.44. The Bertz CT molecular complexity index is 1300. The molecule has 0 saturated heterocycles. The Kier molecular flexibility index (Phi) is 5.72. The lowest BCUT2D eigenvalue weighted by molar-refractivity contribution is 0.0945. The van der Waals surface area contributed by atoms with Crippen molar-refractivity contribution in [3.63, 3.8) is 0 Å². The monoisotopic (exact) mass is 415 g/mol. The minimum atomic E-state index is -0.269. The SMILES string of the molecule is Cc1cncc(-c2cc3cc[nH]c(=O)c3c(Nc3ccc(C(=O)NCCO)cc3)n2)c1. The van der Waals surface area contributed by atoms with Crippen LogP contribution in [0, 0.1) is 6.92 Å². The van der Waals surface area contributed by atoms with Crippen LogP contribution in [0.5, 0.6) is 0 Å². The van der Waals surface area contributed by atoms with E-state index in [0.717, 1.165) is 16.5 Å². The molecule has 0 fully saturated rings. The zero-order valence-electron chi connectivity index (χ0n) is 16.8. The molecule has 8 heteroatoms. The number of pyridine rings is 3. The molecule has 0 unspecified atom stereocenters. The van der Waals surface area contributed by atoms with E-state index in [1.807, 2.05) is 25.1 Å². The van der Waals surface area contributed by atoms with Crippen LogP contribution in [-0.4, -0.2) is 39.1 Å². The smallest absolute Gasteiger partial charge is 0.259 e. The number of hydrogen-bond donors (Lipinski definition) is 4. The molecule has 0 aliphatic rings. The molecule has 0 spiro atoms. The van der Waals surface area contributed by atoms with Crippen LogP contribution in [0.25, 0.3) is 22.0 Å². The molecule has 1 amide bonds. The zero-order chi connectivity index (χ0) is 21.8. The number of aliphatic hydroxyl groups is 1. The third-order valence-corrected chi connectivity index (χ3v) is 4.73. The Morgan fingerprint density at radius 1 is 1.13 bits per heavy atom. The molecule has 4 aromatic rings. The van der Waals surface area contributed by atoms with Crippen molar-refractivity contribution in [3.8, 4) is 11.3 Å². The number of fused-ring (bicyclic) bond motifs is 1. The first kappa shape index (κ1) is 20.2. The summed E-state index contributed by atoms with van der Waals surface area (Å²) in [6.07, 6.45) is 5.11. The van der Waals surface area contributed by atoms with E-state index in [1.165, 1.54) is 0 Å². The topological polar surface area (TPSA) is 120 Å². The highest BCUT2D eigenvalue weighted by Crippen LogP contribution is 2.28. The number of nitrogens with zero attached hydrogens (tertiary/aromatic N) is 2. The molecule has 4 rings (SSSR count). The Labute approximate surface area is 178 Å². The number of carbonyl (C=O) groups excluding carboxylic acids is 1. The van der Waals surface area contributed by atoms with Crippen molar-refractivity contribution in [3.05, 3.63) is 82.5 Å². The van der Waals surface area contributed by atoms with Gasteiger partial charge in [0.15, 0.2) is 0 Å². The molecule has 3 heterocycles. The summed E-state index contributed by atoms with van der Waals surface area (Å²) in [5.74, 6) is 0.142. The minimum Gasteiger partial charge on any atom is -0.395 e. The van der Waals surface area contributed by atoms with Crippen molar-refractivity contribution in [2.75, 3.05) is 18.5 Å². The molecule has 8 nitrogen and oxygen atoms in total. The largest absolute Gasteiger partial charge is 0.395 e. The number of aliphatic hydroxyl groups excluding tert-OH is 1. The molecule has 0 saturated carbocycles. The number of nitrogens with one attached hydrogen (secondary N) is 3. The lowest BCUT2D eigenvalue weighted by Gasteiger charge is -2.12. The van der Waals surface area contributed by atoms with Crippen LogP contribution < -0.4 is 16.2 Å². The number of carbonyl (C=O) groups is 1. The molecular formula is C23H21N5O3. The number of hydrogen-bond acceptors (Lipinski definition) is 6. The van der Waals surface area contributed by atoms with E-state index in [4.69, 9.17) is 5.11 Å². The van der Waals surface area contributed by atoms with Gasteiger partial charge in [-0.2, -0.15) is 0 Å². The van der Waals surface area contributed by atoms with Crippen molar-refractivity contribution >= 4 is 28.2 Å². The van der Waals surface area contributed by atoms with E-state index in [2.05, 4.69) is 25.6 Å². The van der Waals surface area contributed by atoms with Gasteiger partial charge in [-0.15, -0.1) is 0 Å². The second kappa shape index (κ2) is 8.76. The van der Waals surface area contributed by atoms with Gasteiger partial charge >= 0.3 is 0 Å². The lowest BCUT2D eigenvalue weighted by atomic mass is 10.1. The second-order valence-corrected chi connectivity index (χ2v) is 7.06. The highest BCUT2D eigenvalue weighted by Gasteiger charge is 2.12. The Morgan fingerprint density at radius 3 is 2.68 bits per heavy atom. The number of aryl methyl sites for hydroxylation is 1. The van der Waals surface area contributed by atoms with E-state index in [1.54, 1.807) is 42.9 Å². The zero-order valence-corrected chi connectivity index (χ0v) is 16.8. The number of aromatic amines is 1. The van der Waals surface area contributed by atoms with Crippen molar-refractivity contribution < 1.29 is 9.90 Å². The number of anilines is 2. The highest BCUT2D eigenvalue weighted by atomic mass is 16.3. The van der Waals surface area contributed by atoms with Gasteiger partial charge in [-0.1, -0.05) is 0 Å². The summed E-state index contributed by atoms with van der Waals surface area (Å²) in [7, 11) is 0. The highest BCUT2D eigenvalue weighted by molar-refractivity contribution is 5.96. The molecule has 0 aliphatic heterocycles. The standard InChI is InChI=1S/C23H21N5O3/c1-14-10-17(13-24-12-14)19-11-16-6-7-25-23(31)20(16)21(28-19)27-18-4-2-15(3-5-18)22(30)26-8-9-29/h2-7,10-13,29H,8-9H2,1H3,(H,25,31)(H,26,30)(H,27,28). The Morgan fingerprint density at radius 2 is 1.94 bits per heavy atom. The van der Waals surface area contributed by atoms with Crippen LogP contribution >= 0.6 is 0 Å². The fraction of sp³-hybridized carbons (Fsp3) is 0.130. The van der Waals surface area contributed by atoms with Gasteiger partial charge in [-0.05, 0) is 60.3 Å². The minimum absolute atomic E-state index is 0.120. The normalized spacial score (nSPS) is 10.8. The van der Waals surface area contributed by atoms with Crippen LogP contribution in [-0.2, 0) is 0 Å². The predicted molar refractivity (Wildman–Crippen MR) is 119 cm³/mol. The average molecular weight is 415 g/mol. The summed E-state index contributed by atoms with van der Waals surface area (Å²) in [6, 6.07) is 12.5. The van der Waals surface area contributed by atoms with Crippen molar-refractivity contribution in [1.29, 1.82) is 0 Å². The molecule has 0 radical (unpaired) electrons. The molecule has 3 aromatic heterocycles. The van der Waals surface area contributed by atoms with Gasteiger partial charge in [-0.25, -0.2) is 4.98 Å². The number of rotatable bonds is 6. The maximum atomic E-state index is 12.5. The number of benzene rings is 1. The maximum Gasteiger partial charge on any atom is 0.259 e. The molecule has 0 aliphatic carbocycles. The molecule has 1 aromatic carbocycles. The lowest BCUT2D eigenvalue weighted by Crippen LogP contribution is -2.26. The quantitative estimate of drug-likeness (QED) is 0.384. The van der Waals surface area contributed by atoms with Gasteiger partial charge in [0.05, 0.1) is 17.7 Å². The number of aromatic nitrogens is 3. The fourth-order valence-corrected chi connectivity index (χ4v) is 3.26. The van der Waals surface area contributed by atoms with Crippen LogP contribution in [0.15, 0.2) is 65.8 Å². The van der Waals surface area contributed by atoms with E-state index in [0.29, 0.717) is 28.1 Å². The van der Waals surface area contributed by atoms with Gasteiger partial charge < -0.3 is 20.7 Å². The van der Waals surface area contributed by atoms with Crippen LogP contribution in [0.2, 0.25) is 0 Å². The third-order valence-electron chi connectivity index (χ3n) is 4.73. The molecule has 4 N–H and O–H groups in total. The van der Waals surface area contributed by atoms with Crippen molar-refractivity contribution in [2.24, 2.45) is 0 Å². The van der Waals surface area contributed by atoms with E-state index in [9.17, 15) is 9.59 Å². The fourth-order valence-electron chi connectivity index (χ4n) is 3.26. The van der Waals surface area contributed by atoms with Crippen LogP contribution in [0.4, 0.5) is 11.5 Å². The summed E-state index contributed by atoms with van der Waals surface area (Å²) in [4.78, 5) is 36.1. The van der Waals surface area contributed by atoms with Gasteiger partial charge in [0.2, 0.25) is 0 Å². The predicted octanol–water partition coefficient (Wildman–Crippen LogP) is 2.76. The summed E-state index contributed by atoms with van der Waals surface area (Å²) in [6.45, 7) is 2.03. The molecule has 0 bridgehead atoms. The summed E-state index contributed by atoms with van der Waals surface area (Å²) in [5, 5.41) is 15.8. The molecular weight excluding hydrogens is 394 g/mol. The van der Waals surface area contributed by atoms with Gasteiger partial charge in [-0.3, -0.25) is 14.6 Å². The number of amides is 1. The van der Waals surface area contributed by atoms with Crippen molar-refractivity contribution in [1.82, 2.24) is 20.3 Å². The summed E-state index contributed by atoms with van der Waals surface area (Å²) < 4.78 is 0. The van der Waals surface area contributed by atoms with E-state index < -0.39 is 0 Å². The van der Waals surface area contributed by atoms with E-state index in [-0.39, 0.29) is 24.6 Å². The number of H-pyrrole nitrogens is 1. The maximum absolute atomic E-state index is 12.5. The summed E-state index contributed by atoms with van der Waals surface area (Å²) >= 11 is 0. The van der Waals surface area contributed by atoms with Gasteiger partial charge in [0.25, 0.3) is 11.5 Å². The Balaban J connectivity index is 1.72.